The number of thiophene rings is 1. The van der Waals surface area contributed by atoms with E-state index >= 15 is 0 Å². The summed E-state index contributed by atoms with van der Waals surface area (Å²) in [5, 5.41) is 3.65. The van der Waals surface area contributed by atoms with E-state index in [1.165, 1.54) is 83.8 Å². The summed E-state index contributed by atoms with van der Waals surface area (Å²) in [5.41, 5.74) is 16.4. The quantitative estimate of drug-likeness (QED) is 0.177. The monoisotopic (exact) mass is 634 g/mol. The maximum absolute atomic E-state index is 6.78. The Hall–Kier alpha value is -5.26. The molecule has 3 aliphatic rings. The average Bonchev–Trinajstić information content (AvgIpc) is 3.71. The zero-order valence-electron chi connectivity index (χ0n) is 26.7. The van der Waals surface area contributed by atoms with Crippen LogP contribution >= 0.6 is 11.3 Å². The first-order chi connectivity index (χ1) is 23.7. The number of para-hydroxylation sites is 3. The van der Waals surface area contributed by atoms with Crippen LogP contribution in [-0.2, 0) is 12.8 Å². The molecule has 0 fully saturated rings. The summed E-state index contributed by atoms with van der Waals surface area (Å²) in [4.78, 5) is 5.13. The highest BCUT2D eigenvalue weighted by molar-refractivity contribution is 7.33. The third kappa shape index (κ3) is 3.54. The first-order valence-electron chi connectivity index (χ1n) is 17.1. The van der Waals surface area contributed by atoms with E-state index in [0.29, 0.717) is 0 Å². The molecule has 48 heavy (non-hydrogen) atoms. The Morgan fingerprint density at radius 1 is 0.646 bits per heavy atom. The minimum Gasteiger partial charge on any atom is -0.454 e. The van der Waals surface area contributed by atoms with Crippen molar-refractivity contribution in [2.45, 2.75) is 32.6 Å². The van der Waals surface area contributed by atoms with E-state index in [1.54, 1.807) is 0 Å². The van der Waals surface area contributed by atoms with Crippen molar-refractivity contribution < 1.29 is 4.42 Å². The third-order valence-electron chi connectivity index (χ3n) is 10.8. The lowest BCUT2D eigenvalue weighted by molar-refractivity contribution is 0.668. The van der Waals surface area contributed by atoms with E-state index in [2.05, 4.69) is 138 Å². The predicted octanol–water partition coefficient (Wildman–Crippen LogP) is 10.1. The Morgan fingerprint density at radius 2 is 1.40 bits per heavy atom. The van der Waals surface area contributed by atoms with Crippen LogP contribution in [0.5, 0.6) is 0 Å². The normalized spacial score (nSPS) is 14.7. The molecule has 11 rings (SSSR count). The number of nitrogens with zero attached hydrogens (tertiary/aromatic N) is 2. The second kappa shape index (κ2) is 9.88. The van der Waals surface area contributed by atoms with Gasteiger partial charge in [0.05, 0.1) is 11.4 Å². The molecule has 2 aromatic heterocycles. The van der Waals surface area contributed by atoms with Crippen molar-refractivity contribution >= 4 is 99.9 Å². The number of furan rings is 1. The number of hydrogen-bond acceptors (Lipinski definition) is 4. The van der Waals surface area contributed by atoms with E-state index in [9.17, 15) is 0 Å². The molecule has 0 bridgehead atoms. The van der Waals surface area contributed by atoms with Crippen LogP contribution in [0.15, 0.2) is 126 Å². The van der Waals surface area contributed by atoms with E-state index < -0.39 is 0 Å². The fourth-order valence-corrected chi connectivity index (χ4v) is 10.2. The van der Waals surface area contributed by atoms with Gasteiger partial charge in [-0.2, -0.15) is 0 Å². The summed E-state index contributed by atoms with van der Waals surface area (Å²) in [7, 11) is 0. The fraction of sp³-hybridized carbons (Fsp3) is 0.116. The van der Waals surface area contributed by atoms with Gasteiger partial charge >= 0.3 is 0 Å². The van der Waals surface area contributed by atoms with Gasteiger partial charge in [0.2, 0.25) is 0 Å². The molecule has 1 aliphatic carbocycles. The lowest BCUT2D eigenvalue weighted by Gasteiger charge is -2.44. The SMILES string of the molecule is Cc1cc2c3c(c1)N(c1cccc4c1oc1ccccc14)c1c(ccc4c1CCCC4)B3c1sc3ccccc3c1N2c1ccccc1. The molecule has 0 N–H and O–H groups in total. The van der Waals surface area contributed by atoms with Crippen LogP contribution in [0.25, 0.3) is 32.0 Å². The standard InChI is InChI=1S/C43H31BN2OS/c1-26-24-35-39-36(25-26)46(34-19-11-18-31-30-16-7-9-20-37(30)47-42(31)34)40-29-15-6-5-12-27(29)22-23-33(40)44(39)43-41(32-17-8-10-21-38(32)48-43)45(35)28-13-3-2-4-14-28/h2-4,7-11,13-14,16-25H,5-6,12,15H2,1H3. The highest BCUT2D eigenvalue weighted by Crippen LogP contribution is 2.50. The van der Waals surface area contributed by atoms with Gasteiger partial charge in [-0.15, -0.1) is 11.3 Å². The number of anilines is 6. The van der Waals surface area contributed by atoms with Gasteiger partial charge in [-0.25, -0.2) is 0 Å². The molecule has 0 saturated heterocycles. The van der Waals surface area contributed by atoms with Gasteiger partial charge in [0, 0.05) is 48.4 Å². The molecule has 8 aromatic rings. The molecule has 3 nitrogen and oxygen atoms in total. The molecule has 0 unspecified atom stereocenters. The van der Waals surface area contributed by atoms with Gasteiger partial charge < -0.3 is 14.2 Å². The maximum atomic E-state index is 6.78. The van der Waals surface area contributed by atoms with Gasteiger partial charge in [-0.05, 0) is 103 Å². The maximum Gasteiger partial charge on any atom is 0.264 e. The number of rotatable bonds is 2. The van der Waals surface area contributed by atoms with E-state index in [1.807, 2.05) is 11.3 Å². The largest absolute Gasteiger partial charge is 0.454 e. The summed E-state index contributed by atoms with van der Waals surface area (Å²) in [6.45, 7) is 2.39. The van der Waals surface area contributed by atoms with Crippen LogP contribution in [-0.4, -0.2) is 6.71 Å². The molecular weight excluding hydrogens is 603 g/mol. The van der Waals surface area contributed by atoms with Gasteiger partial charge in [0.25, 0.3) is 6.71 Å². The topological polar surface area (TPSA) is 19.6 Å². The Kier molecular flexibility index (Phi) is 5.51. The van der Waals surface area contributed by atoms with Crippen molar-refractivity contribution in [2.75, 3.05) is 9.80 Å². The van der Waals surface area contributed by atoms with Crippen LogP contribution in [0.4, 0.5) is 34.1 Å². The Balaban J connectivity index is 1.30. The van der Waals surface area contributed by atoms with Gasteiger partial charge in [-0.1, -0.05) is 78.9 Å². The average molecular weight is 635 g/mol. The van der Waals surface area contributed by atoms with Crippen molar-refractivity contribution in [2.24, 2.45) is 0 Å². The minimum atomic E-state index is 0.135. The van der Waals surface area contributed by atoms with Crippen LogP contribution < -0.4 is 25.5 Å². The summed E-state index contributed by atoms with van der Waals surface area (Å²) < 4.78 is 9.54. The van der Waals surface area contributed by atoms with Gasteiger partial charge in [0.1, 0.15) is 5.58 Å². The molecule has 228 valence electrons. The highest BCUT2D eigenvalue weighted by atomic mass is 32.1. The number of hydrogen-bond donors (Lipinski definition) is 0. The predicted molar refractivity (Wildman–Crippen MR) is 205 cm³/mol. The first kappa shape index (κ1) is 26.8. The molecule has 5 heteroatoms. The zero-order chi connectivity index (χ0) is 31.5. The van der Waals surface area contributed by atoms with Crippen molar-refractivity contribution in [1.29, 1.82) is 0 Å². The molecule has 4 heterocycles. The van der Waals surface area contributed by atoms with Crippen LogP contribution in [0.2, 0.25) is 0 Å². The number of fused-ring (bicyclic) bond motifs is 11. The second-order valence-electron chi connectivity index (χ2n) is 13.6. The van der Waals surface area contributed by atoms with Crippen LogP contribution in [0.1, 0.15) is 29.5 Å². The first-order valence-corrected chi connectivity index (χ1v) is 17.9. The zero-order valence-corrected chi connectivity index (χ0v) is 27.5. The smallest absolute Gasteiger partial charge is 0.264 e. The highest BCUT2D eigenvalue weighted by Gasteiger charge is 2.46. The van der Waals surface area contributed by atoms with Crippen molar-refractivity contribution in [3.8, 4) is 0 Å². The molecule has 0 atom stereocenters. The number of benzene rings is 6. The van der Waals surface area contributed by atoms with E-state index in [-0.39, 0.29) is 6.71 Å². The molecular formula is C43H31BN2OS. The molecule has 0 radical (unpaired) electrons. The molecule has 0 saturated carbocycles. The fourth-order valence-electron chi connectivity index (χ4n) is 8.90. The molecule has 2 aliphatic heterocycles. The van der Waals surface area contributed by atoms with E-state index in [0.717, 1.165) is 40.5 Å². The van der Waals surface area contributed by atoms with Gasteiger partial charge in [0.15, 0.2) is 5.58 Å². The Bertz CT molecular complexity index is 2620. The summed E-state index contributed by atoms with van der Waals surface area (Å²) >= 11 is 1.97. The Morgan fingerprint density at radius 3 is 2.29 bits per heavy atom. The minimum absolute atomic E-state index is 0.135. The molecule has 6 aromatic carbocycles. The molecule has 0 spiro atoms. The van der Waals surface area contributed by atoms with Crippen molar-refractivity contribution in [3.05, 3.63) is 138 Å². The van der Waals surface area contributed by atoms with Crippen LogP contribution in [0.3, 0.4) is 0 Å². The second-order valence-corrected chi connectivity index (χ2v) is 14.7. The van der Waals surface area contributed by atoms with Crippen molar-refractivity contribution in [1.82, 2.24) is 0 Å². The van der Waals surface area contributed by atoms with Crippen molar-refractivity contribution in [3.63, 3.8) is 0 Å². The van der Waals surface area contributed by atoms with Crippen LogP contribution in [0, 0.1) is 6.92 Å². The van der Waals surface area contributed by atoms with Gasteiger partial charge in [-0.3, -0.25) is 0 Å². The lowest BCUT2D eigenvalue weighted by Crippen LogP contribution is -2.60. The summed E-state index contributed by atoms with van der Waals surface area (Å²) in [6, 6.07) is 44.8. The number of aryl methyl sites for hydroxylation is 2. The van der Waals surface area contributed by atoms with E-state index in [4.69, 9.17) is 4.42 Å². The summed E-state index contributed by atoms with van der Waals surface area (Å²) in [6.07, 6.45) is 4.71. The third-order valence-corrected chi connectivity index (χ3v) is 12.1. The summed E-state index contributed by atoms with van der Waals surface area (Å²) in [5.74, 6) is 0. The molecule has 0 amide bonds. The lowest BCUT2D eigenvalue weighted by atomic mass is 9.36. The Labute approximate surface area is 283 Å².